The Bertz CT molecular complexity index is 407. The number of nitrogens with one attached hydrogen (secondary N) is 1. The fourth-order valence-corrected chi connectivity index (χ4v) is 3.53. The highest BCUT2D eigenvalue weighted by atomic mass is 19.1. The lowest BCUT2D eigenvalue weighted by atomic mass is 9.94. The Morgan fingerprint density at radius 1 is 1.35 bits per heavy atom. The molecular weight excluding hydrogens is 215 g/mol. The molecule has 4 atom stereocenters. The van der Waals surface area contributed by atoms with Crippen molar-refractivity contribution in [2.24, 2.45) is 11.8 Å². The van der Waals surface area contributed by atoms with Crippen molar-refractivity contribution < 1.29 is 4.39 Å². The van der Waals surface area contributed by atoms with Gasteiger partial charge in [-0.2, -0.15) is 0 Å². The van der Waals surface area contributed by atoms with Crippen LogP contribution in [-0.2, 0) is 0 Å². The van der Waals surface area contributed by atoms with Crippen molar-refractivity contribution in [3.63, 3.8) is 0 Å². The van der Waals surface area contributed by atoms with E-state index in [0.29, 0.717) is 6.04 Å². The highest BCUT2D eigenvalue weighted by Gasteiger charge is 2.39. The normalized spacial score (nSPS) is 32.9. The van der Waals surface area contributed by atoms with Gasteiger partial charge in [0.15, 0.2) is 0 Å². The van der Waals surface area contributed by atoms with E-state index < -0.39 is 0 Å². The Morgan fingerprint density at radius 2 is 2.24 bits per heavy atom. The summed E-state index contributed by atoms with van der Waals surface area (Å²) in [7, 11) is 0. The van der Waals surface area contributed by atoms with Crippen LogP contribution in [0.15, 0.2) is 18.5 Å². The summed E-state index contributed by atoms with van der Waals surface area (Å²) in [5.74, 6) is 1.54. The zero-order chi connectivity index (χ0) is 11.8. The van der Waals surface area contributed by atoms with E-state index in [-0.39, 0.29) is 11.9 Å². The highest BCUT2D eigenvalue weighted by molar-refractivity contribution is 5.15. The van der Waals surface area contributed by atoms with E-state index in [1.807, 2.05) is 0 Å². The second-order valence-corrected chi connectivity index (χ2v) is 5.61. The van der Waals surface area contributed by atoms with Crippen LogP contribution >= 0.6 is 0 Å². The molecule has 2 saturated carbocycles. The third-order valence-electron chi connectivity index (χ3n) is 4.43. The van der Waals surface area contributed by atoms with Crippen molar-refractivity contribution >= 4 is 0 Å². The van der Waals surface area contributed by atoms with Crippen LogP contribution in [-0.4, -0.2) is 11.0 Å². The molecule has 0 aromatic carbocycles. The number of pyridine rings is 1. The highest BCUT2D eigenvalue weighted by Crippen LogP contribution is 2.45. The SMILES string of the molecule is CC(NC1CC2CCC1C2)c1cncc(F)c1. The molecule has 2 aliphatic rings. The predicted octanol–water partition coefficient (Wildman–Crippen LogP) is 3.06. The summed E-state index contributed by atoms with van der Waals surface area (Å²) in [4.78, 5) is 3.91. The van der Waals surface area contributed by atoms with Crippen molar-refractivity contribution in [1.29, 1.82) is 0 Å². The molecule has 0 saturated heterocycles. The van der Waals surface area contributed by atoms with E-state index in [2.05, 4.69) is 17.2 Å². The van der Waals surface area contributed by atoms with Gasteiger partial charge in [0.25, 0.3) is 0 Å². The number of hydrogen-bond donors (Lipinski definition) is 1. The molecule has 1 aromatic heterocycles. The maximum atomic E-state index is 13.1. The smallest absolute Gasteiger partial charge is 0.141 e. The number of hydrogen-bond acceptors (Lipinski definition) is 2. The first-order chi connectivity index (χ1) is 8.22. The van der Waals surface area contributed by atoms with Gasteiger partial charge in [-0.05, 0) is 49.7 Å². The maximum Gasteiger partial charge on any atom is 0.141 e. The Labute approximate surface area is 102 Å². The van der Waals surface area contributed by atoms with Gasteiger partial charge in [-0.25, -0.2) is 4.39 Å². The number of halogens is 1. The van der Waals surface area contributed by atoms with E-state index in [4.69, 9.17) is 0 Å². The van der Waals surface area contributed by atoms with Crippen LogP contribution in [0.2, 0.25) is 0 Å². The lowest BCUT2D eigenvalue weighted by molar-refractivity contribution is 0.326. The first-order valence-electron chi connectivity index (χ1n) is 6.59. The molecule has 2 bridgehead atoms. The molecule has 0 radical (unpaired) electrons. The summed E-state index contributed by atoms with van der Waals surface area (Å²) in [6.07, 6.45) is 8.50. The summed E-state index contributed by atoms with van der Waals surface area (Å²) < 4.78 is 13.1. The number of aromatic nitrogens is 1. The van der Waals surface area contributed by atoms with Crippen LogP contribution in [0.5, 0.6) is 0 Å². The maximum absolute atomic E-state index is 13.1. The van der Waals surface area contributed by atoms with E-state index in [0.717, 1.165) is 17.4 Å². The topological polar surface area (TPSA) is 24.9 Å². The van der Waals surface area contributed by atoms with Gasteiger partial charge in [-0.15, -0.1) is 0 Å². The van der Waals surface area contributed by atoms with E-state index >= 15 is 0 Å². The molecule has 0 spiro atoms. The second-order valence-electron chi connectivity index (χ2n) is 5.61. The molecule has 2 fully saturated rings. The molecule has 3 rings (SSSR count). The van der Waals surface area contributed by atoms with Crippen LogP contribution < -0.4 is 5.32 Å². The van der Waals surface area contributed by atoms with E-state index in [1.165, 1.54) is 31.9 Å². The number of fused-ring (bicyclic) bond motifs is 2. The Hall–Kier alpha value is -0.960. The lowest BCUT2D eigenvalue weighted by Gasteiger charge is -2.26. The molecule has 2 nitrogen and oxygen atoms in total. The van der Waals surface area contributed by atoms with Gasteiger partial charge >= 0.3 is 0 Å². The minimum atomic E-state index is -0.246. The van der Waals surface area contributed by atoms with Crippen LogP contribution in [0.1, 0.15) is 44.2 Å². The molecule has 4 unspecified atom stereocenters. The number of rotatable bonds is 3. The third-order valence-corrected chi connectivity index (χ3v) is 4.43. The van der Waals surface area contributed by atoms with Crippen molar-refractivity contribution in [3.8, 4) is 0 Å². The summed E-state index contributed by atoms with van der Waals surface area (Å²) in [6.45, 7) is 2.10. The van der Waals surface area contributed by atoms with Crippen LogP contribution in [0.25, 0.3) is 0 Å². The molecule has 3 heteroatoms. The molecule has 92 valence electrons. The zero-order valence-electron chi connectivity index (χ0n) is 10.2. The van der Waals surface area contributed by atoms with E-state index in [9.17, 15) is 4.39 Å². The lowest BCUT2D eigenvalue weighted by Crippen LogP contribution is -2.35. The van der Waals surface area contributed by atoms with Crippen LogP contribution in [0.3, 0.4) is 0 Å². The predicted molar refractivity (Wildman–Crippen MR) is 65.0 cm³/mol. The first-order valence-corrected chi connectivity index (χ1v) is 6.59. The van der Waals surface area contributed by atoms with Gasteiger partial charge in [-0.1, -0.05) is 6.42 Å². The quantitative estimate of drug-likeness (QED) is 0.869. The molecule has 2 aliphatic carbocycles. The summed E-state index contributed by atoms with van der Waals surface area (Å²) in [5, 5.41) is 3.65. The summed E-state index contributed by atoms with van der Waals surface area (Å²) in [6, 6.07) is 2.41. The average molecular weight is 234 g/mol. The standard InChI is InChI=1S/C14H19FN2/c1-9(12-6-13(15)8-16-7-12)17-14-5-10-2-3-11(14)4-10/h6-11,14,17H,2-5H2,1H3. The molecule has 0 aliphatic heterocycles. The third kappa shape index (κ3) is 2.21. The van der Waals surface area contributed by atoms with Crippen molar-refractivity contribution in [3.05, 3.63) is 29.8 Å². The van der Waals surface area contributed by atoms with Gasteiger partial charge in [0, 0.05) is 18.3 Å². The largest absolute Gasteiger partial charge is 0.307 e. The van der Waals surface area contributed by atoms with Crippen molar-refractivity contribution in [2.75, 3.05) is 0 Å². The average Bonchev–Trinajstić information content (AvgIpc) is 2.91. The Kier molecular flexibility index (Phi) is 2.87. The zero-order valence-corrected chi connectivity index (χ0v) is 10.2. The van der Waals surface area contributed by atoms with E-state index in [1.54, 1.807) is 12.3 Å². The fraction of sp³-hybridized carbons (Fsp3) is 0.643. The van der Waals surface area contributed by atoms with Gasteiger partial charge in [0.05, 0.1) is 6.20 Å². The monoisotopic (exact) mass is 234 g/mol. The summed E-state index contributed by atoms with van der Waals surface area (Å²) in [5.41, 5.74) is 0.952. The minimum Gasteiger partial charge on any atom is -0.307 e. The van der Waals surface area contributed by atoms with Gasteiger partial charge < -0.3 is 5.32 Å². The fourth-order valence-electron chi connectivity index (χ4n) is 3.53. The molecule has 0 amide bonds. The van der Waals surface area contributed by atoms with Gasteiger partial charge in [0.2, 0.25) is 0 Å². The minimum absolute atomic E-state index is 0.197. The van der Waals surface area contributed by atoms with Crippen LogP contribution in [0.4, 0.5) is 4.39 Å². The Balaban J connectivity index is 1.65. The number of nitrogens with zero attached hydrogens (tertiary/aromatic N) is 1. The van der Waals surface area contributed by atoms with Gasteiger partial charge in [-0.3, -0.25) is 4.98 Å². The van der Waals surface area contributed by atoms with Crippen LogP contribution in [0, 0.1) is 17.7 Å². The van der Waals surface area contributed by atoms with Crippen molar-refractivity contribution in [1.82, 2.24) is 10.3 Å². The first kappa shape index (κ1) is 11.1. The molecule has 1 aromatic rings. The molecule has 1 N–H and O–H groups in total. The molecular formula is C14H19FN2. The van der Waals surface area contributed by atoms with Crippen molar-refractivity contribution in [2.45, 2.75) is 44.7 Å². The van der Waals surface area contributed by atoms with Gasteiger partial charge in [0.1, 0.15) is 5.82 Å². The Morgan fingerprint density at radius 3 is 2.88 bits per heavy atom. The summed E-state index contributed by atoms with van der Waals surface area (Å²) >= 11 is 0. The second kappa shape index (κ2) is 4.37. The molecule has 1 heterocycles. The molecule has 17 heavy (non-hydrogen) atoms.